The van der Waals surface area contributed by atoms with Crippen LogP contribution in [0.1, 0.15) is 19.8 Å². The fourth-order valence-electron chi connectivity index (χ4n) is 2.47. The lowest BCUT2D eigenvalue weighted by Crippen LogP contribution is -2.42. The van der Waals surface area contributed by atoms with E-state index < -0.39 is 10.0 Å². The lowest BCUT2D eigenvalue weighted by atomic mass is 9.92. The van der Waals surface area contributed by atoms with Crippen LogP contribution in [0.15, 0.2) is 32.0 Å². The van der Waals surface area contributed by atoms with Crippen molar-refractivity contribution in [2.75, 3.05) is 13.1 Å². The number of halogens is 2. The van der Waals surface area contributed by atoms with Gasteiger partial charge < -0.3 is 5.73 Å². The van der Waals surface area contributed by atoms with Gasteiger partial charge >= 0.3 is 0 Å². The zero-order chi connectivity index (χ0) is 14.9. The van der Waals surface area contributed by atoms with Crippen molar-refractivity contribution < 1.29 is 8.42 Å². The van der Waals surface area contributed by atoms with Gasteiger partial charge in [-0.05, 0) is 59.8 Å². The Balaban J connectivity index is 2.20. The first-order chi connectivity index (χ1) is 9.32. The van der Waals surface area contributed by atoms with Crippen molar-refractivity contribution >= 4 is 41.9 Å². The third-order valence-corrected chi connectivity index (χ3v) is 7.12. The summed E-state index contributed by atoms with van der Waals surface area (Å²) in [5, 5.41) is 0. The fraction of sp³-hybridized carbons (Fsp3) is 0.538. The molecule has 1 saturated heterocycles. The van der Waals surface area contributed by atoms with E-state index in [4.69, 9.17) is 5.73 Å². The van der Waals surface area contributed by atoms with E-state index in [1.165, 1.54) is 0 Å². The number of benzene rings is 1. The number of piperidine rings is 1. The SMILES string of the molecule is CC(N)C1CCN(S(=O)(=O)c2ccc(Br)cc2Br)CC1. The molecule has 1 unspecified atom stereocenters. The molecule has 2 N–H and O–H groups in total. The molecule has 4 nitrogen and oxygen atoms in total. The van der Waals surface area contributed by atoms with Gasteiger partial charge in [-0.3, -0.25) is 0 Å². The van der Waals surface area contributed by atoms with Gasteiger partial charge in [0.15, 0.2) is 0 Å². The van der Waals surface area contributed by atoms with E-state index in [2.05, 4.69) is 31.9 Å². The summed E-state index contributed by atoms with van der Waals surface area (Å²) in [5.41, 5.74) is 5.89. The highest BCUT2D eigenvalue weighted by Crippen LogP contribution is 2.30. The molecule has 2 rings (SSSR count). The molecule has 0 radical (unpaired) electrons. The number of nitrogens with two attached hydrogens (primary N) is 1. The molecule has 1 aromatic carbocycles. The fourth-order valence-corrected chi connectivity index (χ4v) is 5.64. The van der Waals surface area contributed by atoms with Crippen molar-refractivity contribution in [3.63, 3.8) is 0 Å². The second-order valence-electron chi connectivity index (χ2n) is 5.18. The van der Waals surface area contributed by atoms with Crippen LogP contribution >= 0.6 is 31.9 Å². The number of hydrogen-bond acceptors (Lipinski definition) is 3. The normalized spacial score (nSPS) is 20.0. The lowest BCUT2D eigenvalue weighted by molar-refractivity contribution is 0.250. The van der Waals surface area contributed by atoms with Crippen molar-refractivity contribution in [1.82, 2.24) is 4.31 Å². The first-order valence-corrected chi connectivity index (χ1v) is 9.56. The molecule has 1 heterocycles. The summed E-state index contributed by atoms with van der Waals surface area (Å²) in [6, 6.07) is 5.24. The molecule has 0 saturated carbocycles. The van der Waals surface area contributed by atoms with Gasteiger partial charge in [0, 0.05) is 28.1 Å². The smallest absolute Gasteiger partial charge is 0.244 e. The molecular weight excluding hydrogens is 408 g/mol. The third-order valence-electron chi connectivity index (χ3n) is 3.75. The molecular formula is C13H18Br2N2O2S. The number of nitrogens with zero attached hydrogens (tertiary/aromatic N) is 1. The second kappa shape index (κ2) is 6.44. The van der Waals surface area contributed by atoms with Crippen LogP contribution in [0, 0.1) is 5.92 Å². The standard InChI is InChI=1S/C13H18Br2N2O2S/c1-9(16)10-4-6-17(7-5-10)20(18,19)13-3-2-11(14)8-12(13)15/h2-3,8-10H,4-7,16H2,1H3. The quantitative estimate of drug-likeness (QED) is 0.809. The highest BCUT2D eigenvalue weighted by molar-refractivity contribution is 9.11. The summed E-state index contributed by atoms with van der Waals surface area (Å²) in [5.74, 6) is 0.412. The Bertz CT molecular complexity index is 582. The molecule has 1 fully saturated rings. The van der Waals surface area contributed by atoms with Crippen molar-refractivity contribution in [2.45, 2.75) is 30.7 Å². The van der Waals surface area contributed by atoms with Gasteiger partial charge in [-0.15, -0.1) is 0 Å². The summed E-state index contributed by atoms with van der Waals surface area (Å²) >= 11 is 6.66. The van der Waals surface area contributed by atoms with Crippen LogP contribution in [0.25, 0.3) is 0 Å². The van der Waals surface area contributed by atoms with Crippen LogP contribution in [0.2, 0.25) is 0 Å². The van der Waals surface area contributed by atoms with Crippen LogP contribution < -0.4 is 5.73 Å². The van der Waals surface area contributed by atoms with Gasteiger partial charge in [-0.1, -0.05) is 15.9 Å². The monoisotopic (exact) mass is 424 g/mol. The summed E-state index contributed by atoms with van der Waals surface area (Å²) in [6.45, 7) is 3.06. The van der Waals surface area contributed by atoms with Crippen molar-refractivity contribution in [3.05, 3.63) is 27.1 Å². The maximum Gasteiger partial charge on any atom is 0.244 e. The Morgan fingerprint density at radius 1 is 1.30 bits per heavy atom. The maximum absolute atomic E-state index is 12.6. The lowest BCUT2D eigenvalue weighted by Gasteiger charge is -2.33. The minimum Gasteiger partial charge on any atom is -0.328 e. The molecule has 112 valence electrons. The van der Waals surface area contributed by atoms with Gasteiger partial charge in [-0.2, -0.15) is 4.31 Å². The van der Waals surface area contributed by atoms with E-state index in [-0.39, 0.29) is 6.04 Å². The van der Waals surface area contributed by atoms with Crippen LogP contribution in [0.3, 0.4) is 0 Å². The molecule has 0 amide bonds. The first-order valence-electron chi connectivity index (χ1n) is 6.53. The van der Waals surface area contributed by atoms with E-state index in [0.29, 0.717) is 28.4 Å². The predicted molar refractivity (Wildman–Crippen MR) is 87.0 cm³/mol. The number of rotatable bonds is 3. The molecule has 1 aliphatic rings. The molecule has 1 aromatic rings. The Labute approximate surface area is 137 Å². The Morgan fingerprint density at radius 3 is 2.40 bits per heavy atom. The largest absolute Gasteiger partial charge is 0.328 e. The zero-order valence-corrected chi connectivity index (χ0v) is 15.2. The van der Waals surface area contributed by atoms with Crippen LogP contribution in [0.5, 0.6) is 0 Å². The van der Waals surface area contributed by atoms with E-state index >= 15 is 0 Å². The molecule has 0 bridgehead atoms. The highest BCUT2D eigenvalue weighted by Gasteiger charge is 2.31. The summed E-state index contributed by atoms with van der Waals surface area (Å²) < 4.78 is 28.3. The number of hydrogen-bond donors (Lipinski definition) is 1. The summed E-state index contributed by atoms with van der Waals surface area (Å²) in [4.78, 5) is 0.319. The van der Waals surface area contributed by atoms with Gasteiger partial charge in [0.2, 0.25) is 10.0 Å². The zero-order valence-electron chi connectivity index (χ0n) is 11.2. The highest BCUT2D eigenvalue weighted by atomic mass is 79.9. The first kappa shape index (κ1) is 16.4. The van der Waals surface area contributed by atoms with Crippen molar-refractivity contribution in [1.29, 1.82) is 0 Å². The Kier molecular flexibility index (Phi) is 5.29. The van der Waals surface area contributed by atoms with E-state index in [1.807, 2.05) is 6.92 Å². The topological polar surface area (TPSA) is 63.4 Å². The van der Waals surface area contributed by atoms with Gasteiger partial charge in [0.25, 0.3) is 0 Å². The molecule has 1 atom stereocenters. The molecule has 1 aliphatic heterocycles. The maximum atomic E-state index is 12.6. The Morgan fingerprint density at radius 2 is 1.90 bits per heavy atom. The van der Waals surface area contributed by atoms with Crippen molar-refractivity contribution in [2.24, 2.45) is 11.7 Å². The molecule has 0 aliphatic carbocycles. The summed E-state index contributed by atoms with van der Waals surface area (Å²) in [6.07, 6.45) is 1.65. The van der Waals surface area contributed by atoms with E-state index in [9.17, 15) is 8.42 Å². The average molecular weight is 426 g/mol. The minimum absolute atomic E-state index is 0.124. The Hall–Kier alpha value is 0.0500. The minimum atomic E-state index is -3.43. The third kappa shape index (κ3) is 3.44. The average Bonchev–Trinajstić information content (AvgIpc) is 2.38. The van der Waals surface area contributed by atoms with Crippen molar-refractivity contribution in [3.8, 4) is 0 Å². The molecule has 20 heavy (non-hydrogen) atoms. The molecule has 0 spiro atoms. The van der Waals surface area contributed by atoms with Crippen LogP contribution in [-0.2, 0) is 10.0 Å². The van der Waals surface area contributed by atoms with Crippen LogP contribution in [-0.4, -0.2) is 31.9 Å². The second-order valence-corrected chi connectivity index (χ2v) is 8.85. The van der Waals surface area contributed by atoms with Gasteiger partial charge in [0.1, 0.15) is 0 Å². The van der Waals surface area contributed by atoms with Crippen LogP contribution in [0.4, 0.5) is 0 Å². The van der Waals surface area contributed by atoms with E-state index in [1.54, 1.807) is 22.5 Å². The summed E-state index contributed by atoms with van der Waals surface area (Å²) in [7, 11) is -3.43. The van der Waals surface area contributed by atoms with E-state index in [0.717, 1.165) is 17.3 Å². The van der Waals surface area contributed by atoms with Gasteiger partial charge in [-0.25, -0.2) is 8.42 Å². The molecule has 0 aromatic heterocycles. The number of sulfonamides is 1. The van der Waals surface area contributed by atoms with Gasteiger partial charge in [0.05, 0.1) is 4.90 Å². The molecule has 7 heteroatoms. The predicted octanol–water partition coefficient (Wildman–Crippen LogP) is 2.96.